The minimum absolute atomic E-state index is 0.0719. The predicted molar refractivity (Wildman–Crippen MR) is 122 cm³/mol. The molecule has 0 radical (unpaired) electrons. The van der Waals surface area contributed by atoms with E-state index in [2.05, 4.69) is 0 Å². The fourth-order valence-corrected chi connectivity index (χ4v) is 4.34. The monoisotopic (exact) mass is 447 g/mol. The summed E-state index contributed by atoms with van der Waals surface area (Å²) in [6.07, 6.45) is 0.245. The first-order valence-corrected chi connectivity index (χ1v) is 10.7. The number of rotatable bonds is 5. The molecular weight excluding hydrogens is 429 g/mol. The number of hydrogen-bond donors (Lipinski definition) is 0. The van der Waals surface area contributed by atoms with E-state index in [4.69, 9.17) is 16.6 Å². The van der Waals surface area contributed by atoms with Crippen LogP contribution in [-0.2, 0) is 11.3 Å². The van der Waals surface area contributed by atoms with Gasteiger partial charge in [0.15, 0.2) is 5.78 Å². The topological polar surface area (TPSA) is 55.2 Å². The molecule has 0 saturated carbocycles. The van der Waals surface area contributed by atoms with Crippen molar-refractivity contribution in [2.45, 2.75) is 18.9 Å². The van der Waals surface area contributed by atoms with Gasteiger partial charge in [0.05, 0.1) is 17.6 Å². The van der Waals surface area contributed by atoms with Crippen LogP contribution >= 0.6 is 11.6 Å². The molecule has 0 N–H and O–H groups in total. The number of carbonyl (C=O) groups excluding carboxylic acids is 2. The van der Waals surface area contributed by atoms with Crippen LogP contribution in [0.3, 0.4) is 0 Å². The summed E-state index contributed by atoms with van der Waals surface area (Å²) in [6.45, 7) is 0.475. The van der Waals surface area contributed by atoms with E-state index in [1.165, 1.54) is 12.1 Å². The number of para-hydroxylation sites is 2. The van der Waals surface area contributed by atoms with Crippen LogP contribution in [0.2, 0.25) is 5.02 Å². The fraction of sp³-hybridized carbons (Fsp3) is 0.160. The van der Waals surface area contributed by atoms with Gasteiger partial charge < -0.3 is 9.47 Å². The Morgan fingerprint density at radius 3 is 2.62 bits per heavy atom. The highest BCUT2D eigenvalue weighted by molar-refractivity contribution is 6.30. The lowest BCUT2D eigenvalue weighted by Crippen LogP contribution is -2.24. The molecule has 0 aliphatic carbocycles. The molecule has 0 spiro atoms. The van der Waals surface area contributed by atoms with Crippen molar-refractivity contribution in [3.8, 4) is 0 Å². The van der Waals surface area contributed by atoms with Crippen LogP contribution in [0.15, 0.2) is 72.8 Å². The van der Waals surface area contributed by atoms with E-state index in [9.17, 15) is 14.0 Å². The average Bonchev–Trinajstić information content (AvgIpc) is 3.35. The zero-order chi connectivity index (χ0) is 22.2. The summed E-state index contributed by atoms with van der Waals surface area (Å²) in [4.78, 5) is 32.1. The standard InChI is InChI=1S/C25H19ClFN3O2/c26-18-10-8-16(9-11-18)23(31)15-30-22-7-2-1-6-21(22)28-25(30)17-12-24(32)29(14-17)20-5-3-4-19(27)13-20/h1-11,13,17H,12,14-15H2. The van der Waals surface area contributed by atoms with Crippen LogP contribution in [-0.4, -0.2) is 27.8 Å². The smallest absolute Gasteiger partial charge is 0.227 e. The zero-order valence-corrected chi connectivity index (χ0v) is 17.8. The summed E-state index contributed by atoms with van der Waals surface area (Å²) < 4.78 is 15.6. The molecule has 3 aromatic carbocycles. The van der Waals surface area contributed by atoms with Gasteiger partial charge in [-0.25, -0.2) is 9.37 Å². The number of hydrogen-bond acceptors (Lipinski definition) is 3. The number of benzene rings is 3. The molecule has 1 unspecified atom stereocenters. The molecule has 1 fully saturated rings. The van der Waals surface area contributed by atoms with Gasteiger partial charge in [-0.15, -0.1) is 0 Å². The van der Waals surface area contributed by atoms with Gasteiger partial charge in [-0.05, 0) is 54.6 Å². The molecule has 7 heteroatoms. The van der Waals surface area contributed by atoms with Crippen LogP contribution in [0.4, 0.5) is 10.1 Å². The van der Waals surface area contributed by atoms with E-state index < -0.39 is 0 Å². The minimum atomic E-state index is -0.389. The fourth-order valence-electron chi connectivity index (χ4n) is 4.22. The molecule has 1 amide bonds. The normalized spacial score (nSPS) is 16.1. The molecule has 1 atom stereocenters. The SMILES string of the molecule is O=C(Cn1c(C2CC(=O)N(c3cccc(F)c3)C2)nc2ccccc21)c1ccc(Cl)cc1. The highest BCUT2D eigenvalue weighted by Crippen LogP contribution is 2.33. The number of halogens is 2. The Balaban J connectivity index is 1.50. The number of anilines is 1. The lowest BCUT2D eigenvalue weighted by atomic mass is 10.1. The maximum absolute atomic E-state index is 13.7. The lowest BCUT2D eigenvalue weighted by Gasteiger charge is -2.17. The van der Waals surface area contributed by atoms with Crippen LogP contribution in [0.25, 0.3) is 11.0 Å². The van der Waals surface area contributed by atoms with Gasteiger partial charge in [0, 0.05) is 35.2 Å². The highest BCUT2D eigenvalue weighted by Gasteiger charge is 2.35. The number of carbonyl (C=O) groups is 2. The Bertz CT molecular complexity index is 1330. The van der Waals surface area contributed by atoms with Crippen molar-refractivity contribution in [3.05, 3.63) is 95.0 Å². The number of amides is 1. The predicted octanol–water partition coefficient (Wildman–Crippen LogP) is 5.23. The van der Waals surface area contributed by atoms with Crippen molar-refractivity contribution in [1.82, 2.24) is 9.55 Å². The van der Waals surface area contributed by atoms with Gasteiger partial charge in [0.2, 0.25) is 5.91 Å². The minimum Gasteiger partial charge on any atom is -0.320 e. The van der Waals surface area contributed by atoms with Crippen molar-refractivity contribution in [1.29, 1.82) is 0 Å². The van der Waals surface area contributed by atoms with Crippen molar-refractivity contribution in [2.24, 2.45) is 0 Å². The molecule has 2 heterocycles. The van der Waals surface area contributed by atoms with Crippen molar-refractivity contribution in [3.63, 3.8) is 0 Å². The summed E-state index contributed by atoms with van der Waals surface area (Å²) >= 11 is 5.95. The Kier molecular flexibility index (Phi) is 5.23. The highest BCUT2D eigenvalue weighted by atomic mass is 35.5. The maximum atomic E-state index is 13.7. The third-order valence-electron chi connectivity index (χ3n) is 5.76. The van der Waals surface area contributed by atoms with Gasteiger partial charge in [0.1, 0.15) is 11.6 Å². The molecule has 5 nitrogen and oxygen atoms in total. The van der Waals surface area contributed by atoms with Crippen molar-refractivity contribution in [2.75, 3.05) is 11.4 Å². The average molecular weight is 448 g/mol. The van der Waals surface area contributed by atoms with E-state index in [1.807, 2.05) is 28.8 Å². The molecule has 1 aliphatic heterocycles. The van der Waals surface area contributed by atoms with E-state index in [1.54, 1.807) is 41.3 Å². The van der Waals surface area contributed by atoms with Gasteiger partial charge in [-0.1, -0.05) is 29.8 Å². The van der Waals surface area contributed by atoms with E-state index >= 15 is 0 Å². The summed E-state index contributed by atoms with van der Waals surface area (Å²) in [6, 6.07) is 20.4. The summed E-state index contributed by atoms with van der Waals surface area (Å²) in [7, 11) is 0. The number of ketones is 1. The molecule has 1 aromatic heterocycles. The van der Waals surface area contributed by atoms with Crippen LogP contribution in [0.5, 0.6) is 0 Å². The molecule has 1 aliphatic rings. The molecule has 160 valence electrons. The van der Waals surface area contributed by atoms with E-state index in [-0.39, 0.29) is 36.4 Å². The third-order valence-corrected chi connectivity index (χ3v) is 6.01. The van der Waals surface area contributed by atoms with Crippen LogP contribution in [0.1, 0.15) is 28.5 Å². The molecule has 0 bridgehead atoms. The summed E-state index contributed by atoms with van der Waals surface area (Å²) in [5.74, 6) is -0.0860. The Hall–Kier alpha value is -3.51. The van der Waals surface area contributed by atoms with Crippen molar-refractivity contribution < 1.29 is 14.0 Å². The molecule has 32 heavy (non-hydrogen) atoms. The molecule has 5 rings (SSSR count). The number of fused-ring (bicyclic) bond motifs is 1. The number of nitrogens with zero attached hydrogens (tertiary/aromatic N) is 3. The first-order chi connectivity index (χ1) is 15.5. The Morgan fingerprint density at radius 1 is 1.06 bits per heavy atom. The second kappa shape index (κ2) is 8.20. The number of aromatic nitrogens is 2. The van der Waals surface area contributed by atoms with Gasteiger partial charge in [-0.2, -0.15) is 0 Å². The lowest BCUT2D eigenvalue weighted by molar-refractivity contribution is -0.117. The van der Waals surface area contributed by atoms with Gasteiger partial charge >= 0.3 is 0 Å². The molecule has 4 aromatic rings. The third kappa shape index (κ3) is 3.78. The Labute approximate surface area is 189 Å². The first kappa shape index (κ1) is 20.4. The van der Waals surface area contributed by atoms with E-state index in [0.717, 1.165) is 11.0 Å². The summed E-state index contributed by atoms with van der Waals surface area (Å²) in [5, 5.41) is 0.567. The van der Waals surface area contributed by atoms with E-state index in [0.29, 0.717) is 28.6 Å². The quantitative estimate of drug-likeness (QED) is 0.393. The second-order valence-electron chi connectivity index (χ2n) is 7.86. The van der Waals surface area contributed by atoms with Gasteiger partial charge in [0.25, 0.3) is 0 Å². The van der Waals surface area contributed by atoms with Crippen LogP contribution in [0, 0.1) is 5.82 Å². The molecule has 1 saturated heterocycles. The maximum Gasteiger partial charge on any atom is 0.227 e. The second-order valence-corrected chi connectivity index (χ2v) is 8.30. The van der Waals surface area contributed by atoms with Gasteiger partial charge in [-0.3, -0.25) is 9.59 Å². The first-order valence-electron chi connectivity index (χ1n) is 10.3. The largest absolute Gasteiger partial charge is 0.320 e. The van der Waals surface area contributed by atoms with Crippen molar-refractivity contribution >= 4 is 40.0 Å². The zero-order valence-electron chi connectivity index (χ0n) is 17.0. The summed E-state index contributed by atoms with van der Waals surface area (Å²) in [5.41, 5.74) is 2.68. The Morgan fingerprint density at radius 2 is 1.84 bits per heavy atom. The number of imidazole rings is 1. The van der Waals surface area contributed by atoms with Crippen LogP contribution < -0.4 is 4.90 Å². The molecular formula is C25H19ClFN3O2. The number of Topliss-reactive ketones (excluding diaryl/α,β-unsaturated/α-hetero) is 1.